The minimum absolute atomic E-state index is 0.0691. The molecule has 30 heavy (non-hydrogen) atoms. The van der Waals surface area contributed by atoms with Gasteiger partial charge in [0.1, 0.15) is 0 Å². The van der Waals surface area contributed by atoms with Gasteiger partial charge in [-0.3, -0.25) is 10.1 Å². The Morgan fingerprint density at radius 3 is 2.33 bits per heavy atom. The smallest absolute Gasteiger partial charge is 0.278 e. The quantitative estimate of drug-likeness (QED) is 0.206. The summed E-state index contributed by atoms with van der Waals surface area (Å²) >= 11 is 6.39. The maximum absolute atomic E-state index is 11.6. The lowest BCUT2D eigenvalue weighted by molar-refractivity contribution is -0.384. The van der Waals surface area contributed by atoms with Crippen molar-refractivity contribution < 1.29 is 4.92 Å². The number of nitro benzene ring substituents is 1. The van der Waals surface area contributed by atoms with Gasteiger partial charge in [0, 0.05) is 33.8 Å². The molecule has 0 unspecified atom stereocenters. The zero-order chi connectivity index (χ0) is 20.8. The molecule has 0 aliphatic heterocycles. The summed E-state index contributed by atoms with van der Waals surface area (Å²) in [5.41, 5.74) is 10.7. The first kappa shape index (κ1) is 18.2. The minimum Gasteiger partial charge on any atom is -0.398 e. The van der Waals surface area contributed by atoms with Gasteiger partial charge in [0.25, 0.3) is 5.69 Å². The summed E-state index contributed by atoms with van der Waals surface area (Å²) in [6.07, 6.45) is 0. The normalized spacial score (nSPS) is 11.2. The average Bonchev–Trinajstić information content (AvgIpc) is 3.07. The largest absolute Gasteiger partial charge is 0.398 e. The monoisotopic (exact) mass is 413 g/mol. The fraction of sp³-hybridized carbons (Fsp3) is 0. The molecule has 146 valence electrons. The van der Waals surface area contributed by atoms with Crippen molar-refractivity contribution in [3.63, 3.8) is 0 Å². The number of hydrogen-bond donors (Lipinski definition) is 1. The highest BCUT2D eigenvalue weighted by Gasteiger charge is 2.22. The first-order valence-electron chi connectivity index (χ1n) is 9.37. The van der Waals surface area contributed by atoms with Crippen molar-refractivity contribution >= 4 is 44.8 Å². The topological polar surface area (TPSA) is 74.1 Å². The average molecular weight is 414 g/mol. The maximum atomic E-state index is 11.6. The van der Waals surface area contributed by atoms with Crippen LogP contribution < -0.4 is 5.73 Å². The number of nitrogen functional groups attached to an aromatic ring is 1. The van der Waals surface area contributed by atoms with Crippen molar-refractivity contribution in [2.45, 2.75) is 0 Å². The van der Waals surface area contributed by atoms with E-state index in [0.717, 1.165) is 27.5 Å². The highest BCUT2D eigenvalue weighted by Crippen LogP contribution is 2.43. The Balaban J connectivity index is 1.90. The van der Waals surface area contributed by atoms with E-state index < -0.39 is 4.92 Å². The fourth-order valence-corrected chi connectivity index (χ4v) is 4.31. The van der Waals surface area contributed by atoms with Crippen LogP contribution in [0.3, 0.4) is 0 Å². The minimum atomic E-state index is -0.432. The molecule has 0 spiro atoms. The molecule has 0 fully saturated rings. The number of rotatable bonds is 3. The zero-order valence-corrected chi connectivity index (χ0v) is 16.5. The van der Waals surface area contributed by atoms with Crippen molar-refractivity contribution in [3.8, 4) is 16.8 Å². The van der Waals surface area contributed by atoms with Crippen LogP contribution in [0.1, 0.15) is 0 Å². The van der Waals surface area contributed by atoms with E-state index in [4.69, 9.17) is 17.3 Å². The van der Waals surface area contributed by atoms with E-state index in [9.17, 15) is 10.1 Å². The molecular formula is C24H16ClN3O2. The number of fused-ring (bicyclic) bond motifs is 3. The molecule has 0 radical (unpaired) electrons. The van der Waals surface area contributed by atoms with Crippen molar-refractivity contribution in [1.29, 1.82) is 0 Å². The van der Waals surface area contributed by atoms with Crippen LogP contribution in [0.15, 0.2) is 84.9 Å². The molecular weight excluding hydrogens is 398 g/mol. The first-order valence-corrected chi connectivity index (χ1v) is 9.75. The van der Waals surface area contributed by atoms with E-state index in [0.29, 0.717) is 21.8 Å². The second kappa shape index (κ2) is 6.90. The Morgan fingerprint density at radius 2 is 1.57 bits per heavy atom. The van der Waals surface area contributed by atoms with Gasteiger partial charge in [-0.1, -0.05) is 54.1 Å². The lowest BCUT2D eigenvalue weighted by atomic mass is 9.99. The van der Waals surface area contributed by atoms with Gasteiger partial charge in [-0.05, 0) is 36.4 Å². The van der Waals surface area contributed by atoms with E-state index in [1.807, 2.05) is 60.7 Å². The number of hydrogen-bond acceptors (Lipinski definition) is 3. The van der Waals surface area contributed by atoms with Gasteiger partial charge in [-0.25, -0.2) is 0 Å². The van der Waals surface area contributed by atoms with Crippen LogP contribution in [0.25, 0.3) is 38.6 Å². The highest BCUT2D eigenvalue weighted by molar-refractivity contribution is 6.34. The van der Waals surface area contributed by atoms with Gasteiger partial charge in [0.05, 0.1) is 26.5 Å². The lowest BCUT2D eigenvalue weighted by Crippen LogP contribution is -1.98. The molecule has 0 bridgehead atoms. The number of aromatic nitrogens is 1. The van der Waals surface area contributed by atoms with Gasteiger partial charge in [-0.15, -0.1) is 0 Å². The number of benzene rings is 4. The summed E-state index contributed by atoms with van der Waals surface area (Å²) in [6, 6.07) is 26.5. The molecule has 0 aliphatic carbocycles. The predicted molar refractivity (Wildman–Crippen MR) is 122 cm³/mol. The van der Waals surface area contributed by atoms with E-state index >= 15 is 0 Å². The number of nitro groups is 1. The molecule has 0 atom stereocenters. The molecule has 6 heteroatoms. The van der Waals surface area contributed by atoms with Crippen molar-refractivity contribution in [1.82, 2.24) is 4.57 Å². The number of nitrogens with zero attached hydrogens (tertiary/aromatic N) is 2. The molecule has 4 aromatic carbocycles. The van der Waals surface area contributed by atoms with Crippen molar-refractivity contribution in [3.05, 3.63) is 100 Å². The summed E-state index contributed by atoms with van der Waals surface area (Å²) in [5, 5.41) is 13.9. The second-order valence-corrected chi connectivity index (χ2v) is 7.44. The molecule has 0 saturated carbocycles. The Labute approximate surface area is 177 Å². The Bertz CT molecular complexity index is 1440. The zero-order valence-electron chi connectivity index (χ0n) is 15.7. The molecule has 5 rings (SSSR count). The standard InChI is InChI=1S/C24H16ClN3O2/c25-19-10-6-12-22(28(29)30)24(19)18-13-17-16-9-4-5-11-21(16)27(23(17)14-20(18)26)15-7-2-1-3-8-15/h1-14H,26H2. The summed E-state index contributed by atoms with van der Waals surface area (Å²) in [6.45, 7) is 0. The van der Waals surface area contributed by atoms with Crippen LogP contribution in [0, 0.1) is 10.1 Å². The van der Waals surface area contributed by atoms with E-state index in [1.165, 1.54) is 6.07 Å². The van der Waals surface area contributed by atoms with Crippen molar-refractivity contribution in [2.75, 3.05) is 5.73 Å². The molecule has 1 heterocycles. The summed E-state index contributed by atoms with van der Waals surface area (Å²) in [4.78, 5) is 11.2. The van der Waals surface area contributed by atoms with Gasteiger partial charge in [-0.2, -0.15) is 0 Å². The van der Waals surface area contributed by atoms with Crippen LogP contribution in [-0.2, 0) is 0 Å². The van der Waals surface area contributed by atoms with Crippen LogP contribution in [0.4, 0.5) is 11.4 Å². The van der Waals surface area contributed by atoms with E-state index in [-0.39, 0.29) is 5.69 Å². The second-order valence-electron chi connectivity index (χ2n) is 7.04. The van der Waals surface area contributed by atoms with Crippen LogP contribution in [0.5, 0.6) is 0 Å². The SMILES string of the molecule is Nc1cc2c(cc1-c1c(Cl)cccc1[N+](=O)[O-])c1ccccc1n2-c1ccccc1. The first-order chi connectivity index (χ1) is 14.6. The van der Waals surface area contributed by atoms with Crippen LogP contribution >= 0.6 is 11.6 Å². The Hall–Kier alpha value is -3.83. The summed E-state index contributed by atoms with van der Waals surface area (Å²) in [7, 11) is 0. The number of para-hydroxylation sites is 2. The van der Waals surface area contributed by atoms with Gasteiger partial charge in [0.2, 0.25) is 0 Å². The third-order valence-electron chi connectivity index (χ3n) is 5.32. The molecule has 2 N–H and O–H groups in total. The summed E-state index contributed by atoms with van der Waals surface area (Å²) in [5.74, 6) is 0. The van der Waals surface area contributed by atoms with Gasteiger partial charge < -0.3 is 10.3 Å². The Morgan fingerprint density at radius 1 is 0.833 bits per heavy atom. The van der Waals surface area contributed by atoms with Crippen molar-refractivity contribution in [2.24, 2.45) is 0 Å². The number of halogens is 1. The third kappa shape index (κ3) is 2.71. The number of anilines is 1. The summed E-state index contributed by atoms with van der Waals surface area (Å²) < 4.78 is 2.14. The number of nitrogens with two attached hydrogens (primary N) is 1. The van der Waals surface area contributed by atoms with E-state index in [2.05, 4.69) is 10.6 Å². The Kier molecular flexibility index (Phi) is 4.19. The molecule has 5 nitrogen and oxygen atoms in total. The molecule has 0 saturated heterocycles. The highest BCUT2D eigenvalue weighted by atomic mass is 35.5. The third-order valence-corrected chi connectivity index (χ3v) is 5.63. The lowest BCUT2D eigenvalue weighted by Gasteiger charge is -2.11. The van der Waals surface area contributed by atoms with Crippen LogP contribution in [-0.4, -0.2) is 9.49 Å². The van der Waals surface area contributed by atoms with Gasteiger partial charge >= 0.3 is 0 Å². The fourth-order valence-electron chi connectivity index (χ4n) is 4.03. The molecule has 5 aromatic rings. The predicted octanol–water partition coefficient (Wildman–Crippen LogP) is 6.59. The van der Waals surface area contributed by atoms with Gasteiger partial charge in [0.15, 0.2) is 0 Å². The molecule has 1 aromatic heterocycles. The van der Waals surface area contributed by atoms with E-state index in [1.54, 1.807) is 12.1 Å². The maximum Gasteiger partial charge on any atom is 0.278 e. The van der Waals surface area contributed by atoms with Crippen LogP contribution in [0.2, 0.25) is 5.02 Å². The molecule has 0 aliphatic rings. The molecule has 0 amide bonds.